The number of methoxy groups -OCH3 is 1. The van der Waals surface area contributed by atoms with Crippen LogP contribution in [0.4, 0.5) is 8.78 Å². The van der Waals surface area contributed by atoms with Gasteiger partial charge in [-0.05, 0) is 6.07 Å². The van der Waals surface area contributed by atoms with Gasteiger partial charge in [-0.15, -0.1) is 0 Å². The van der Waals surface area contributed by atoms with E-state index in [1.165, 1.54) is 12.1 Å². The van der Waals surface area contributed by atoms with Crippen molar-refractivity contribution in [3.8, 4) is 5.75 Å². The smallest absolute Gasteiger partial charge is 0.387 e. The minimum atomic E-state index is -3.04. The maximum Gasteiger partial charge on any atom is 0.387 e. The summed E-state index contributed by atoms with van der Waals surface area (Å²) in [5, 5.41) is 0. The van der Waals surface area contributed by atoms with Crippen molar-refractivity contribution in [2.45, 2.75) is 6.61 Å². The maximum absolute atomic E-state index is 12.2. The van der Waals surface area contributed by atoms with E-state index < -0.39 is 12.6 Å². The summed E-state index contributed by atoms with van der Waals surface area (Å²) in [6.07, 6.45) is 1.14. The van der Waals surface area contributed by atoms with Gasteiger partial charge in [0.1, 0.15) is 16.8 Å². The highest BCUT2D eigenvalue weighted by molar-refractivity contribution is 5.96. The summed E-state index contributed by atoms with van der Waals surface area (Å²) in [6.45, 7) is -3.04. The molecule has 0 unspecified atom stereocenters. The minimum absolute atomic E-state index is 0.130. The van der Waals surface area contributed by atoms with E-state index in [0.29, 0.717) is 5.52 Å². The molecule has 0 atom stereocenters. The average molecular weight is 243 g/mol. The third-order valence-corrected chi connectivity index (χ3v) is 2.05. The number of fused-ring (bicyclic) bond motifs is 1. The monoisotopic (exact) mass is 243 g/mol. The Morgan fingerprint density at radius 2 is 2.24 bits per heavy atom. The number of carbonyl (C=O) groups is 1. The van der Waals surface area contributed by atoms with Crippen LogP contribution in [0.3, 0.4) is 0 Å². The molecule has 0 spiro atoms. The van der Waals surface area contributed by atoms with E-state index >= 15 is 0 Å². The second kappa shape index (κ2) is 4.36. The summed E-state index contributed by atoms with van der Waals surface area (Å²) < 4.78 is 38.0. The van der Waals surface area contributed by atoms with Crippen LogP contribution in [0, 0.1) is 0 Å². The molecule has 0 amide bonds. The zero-order valence-corrected chi connectivity index (χ0v) is 8.65. The van der Waals surface area contributed by atoms with Crippen molar-refractivity contribution < 1.29 is 27.5 Å². The molecular formula is C10H7F2NO4. The molecule has 1 aromatic heterocycles. The standard InChI is InChI=1S/C10H7F2NO4/c1-15-9(14)5-2-6-8(16-4-13-6)3-7(5)17-10(11)12/h2-4,10H,1H3. The number of alkyl halides is 2. The summed E-state index contributed by atoms with van der Waals surface area (Å²) in [6, 6.07) is 2.43. The van der Waals surface area contributed by atoms with Gasteiger partial charge in [-0.25, -0.2) is 9.78 Å². The molecule has 2 aromatic rings. The van der Waals surface area contributed by atoms with Gasteiger partial charge in [0.15, 0.2) is 12.0 Å². The molecule has 0 radical (unpaired) electrons. The molecule has 7 heteroatoms. The predicted octanol–water partition coefficient (Wildman–Crippen LogP) is 2.22. The second-order valence-corrected chi connectivity index (χ2v) is 3.04. The van der Waals surface area contributed by atoms with E-state index in [2.05, 4.69) is 14.5 Å². The quantitative estimate of drug-likeness (QED) is 0.773. The fourth-order valence-corrected chi connectivity index (χ4v) is 1.35. The third-order valence-electron chi connectivity index (χ3n) is 2.05. The predicted molar refractivity (Wildman–Crippen MR) is 52.0 cm³/mol. The highest BCUT2D eigenvalue weighted by Gasteiger charge is 2.19. The lowest BCUT2D eigenvalue weighted by Crippen LogP contribution is -2.09. The molecule has 17 heavy (non-hydrogen) atoms. The normalized spacial score (nSPS) is 10.8. The topological polar surface area (TPSA) is 61.6 Å². The molecular weight excluding hydrogens is 236 g/mol. The summed E-state index contributed by atoms with van der Waals surface area (Å²) in [5.74, 6) is -1.10. The van der Waals surface area contributed by atoms with Gasteiger partial charge in [-0.3, -0.25) is 0 Å². The number of rotatable bonds is 3. The van der Waals surface area contributed by atoms with Gasteiger partial charge in [-0.1, -0.05) is 0 Å². The number of nitrogens with zero attached hydrogens (tertiary/aromatic N) is 1. The SMILES string of the molecule is COC(=O)c1cc2ncoc2cc1OC(F)F. The molecule has 0 saturated carbocycles. The number of halogens is 2. The van der Waals surface area contributed by atoms with E-state index in [1.54, 1.807) is 0 Å². The van der Waals surface area contributed by atoms with Gasteiger partial charge < -0.3 is 13.9 Å². The van der Waals surface area contributed by atoms with Crippen LogP contribution >= 0.6 is 0 Å². The van der Waals surface area contributed by atoms with E-state index in [4.69, 9.17) is 4.42 Å². The van der Waals surface area contributed by atoms with E-state index in [0.717, 1.165) is 13.5 Å². The molecule has 0 aliphatic carbocycles. The number of oxazole rings is 1. The van der Waals surface area contributed by atoms with Crippen molar-refractivity contribution in [2.75, 3.05) is 7.11 Å². The van der Waals surface area contributed by atoms with Crippen LogP contribution < -0.4 is 4.74 Å². The molecule has 1 aromatic carbocycles. The molecule has 0 aliphatic rings. The maximum atomic E-state index is 12.2. The fourth-order valence-electron chi connectivity index (χ4n) is 1.35. The van der Waals surface area contributed by atoms with Crippen molar-refractivity contribution in [1.29, 1.82) is 0 Å². The summed E-state index contributed by atoms with van der Waals surface area (Å²) in [4.78, 5) is 15.2. The molecule has 0 aliphatic heterocycles. The molecule has 2 rings (SSSR count). The third kappa shape index (κ3) is 2.17. The van der Waals surface area contributed by atoms with Crippen molar-refractivity contribution in [1.82, 2.24) is 4.98 Å². The van der Waals surface area contributed by atoms with E-state index in [-0.39, 0.29) is 16.9 Å². The first-order valence-corrected chi connectivity index (χ1v) is 4.52. The number of benzene rings is 1. The van der Waals surface area contributed by atoms with Gasteiger partial charge >= 0.3 is 12.6 Å². The lowest BCUT2D eigenvalue weighted by molar-refractivity contribution is -0.0503. The Morgan fingerprint density at radius 3 is 2.88 bits per heavy atom. The van der Waals surface area contributed by atoms with Crippen LogP contribution in [0.2, 0.25) is 0 Å². The fraction of sp³-hybridized carbons (Fsp3) is 0.200. The van der Waals surface area contributed by atoms with Crippen LogP contribution in [0.25, 0.3) is 11.1 Å². The van der Waals surface area contributed by atoms with Crippen LogP contribution in [-0.4, -0.2) is 24.7 Å². The van der Waals surface area contributed by atoms with Gasteiger partial charge in [0.2, 0.25) is 0 Å². The number of carbonyl (C=O) groups excluding carboxylic acids is 1. The van der Waals surface area contributed by atoms with Crippen LogP contribution in [0.15, 0.2) is 22.9 Å². The Morgan fingerprint density at radius 1 is 1.47 bits per heavy atom. The number of hydrogen-bond donors (Lipinski definition) is 0. The molecule has 90 valence electrons. The Balaban J connectivity index is 2.55. The lowest BCUT2D eigenvalue weighted by atomic mass is 10.2. The van der Waals surface area contributed by atoms with Gasteiger partial charge in [0.05, 0.1) is 7.11 Å². The number of esters is 1. The van der Waals surface area contributed by atoms with Crippen molar-refractivity contribution in [3.63, 3.8) is 0 Å². The van der Waals surface area contributed by atoms with Gasteiger partial charge in [0.25, 0.3) is 0 Å². The Labute approximate surface area is 93.9 Å². The van der Waals surface area contributed by atoms with Crippen molar-refractivity contribution >= 4 is 17.1 Å². The van der Waals surface area contributed by atoms with Crippen LogP contribution in [0.5, 0.6) is 5.75 Å². The molecule has 0 fully saturated rings. The number of ether oxygens (including phenoxy) is 2. The number of hydrogen-bond acceptors (Lipinski definition) is 5. The minimum Gasteiger partial charge on any atom is -0.465 e. The summed E-state index contributed by atoms with van der Waals surface area (Å²) in [5.41, 5.74) is 0.467. The van der Waals surface area contributed by atoms with Gasteiger partial charge in [0, 0.05) is 6.07 Å². The van der Waals surface area contributed by atoms with Crippen LogP contribution in [0.1, 0.15) is 10.4 Å². The summed E-state index contributed by atoms with van der Waals surface area (Å²) in [7, 11) is 1.14. The average Bonchev–Trinajstić information content (AvgIpc) is 2.73. The highest BCUT2D eigenvalue weighted by atomic mass is 19.3. The zero-order valence-electron chi connectivity index (χ0n) is 8.65. The Kier molecular flexibility index (Phi) is 2.90. The first-order valence-electron chi connectivity index (χ1n) is 4.52. The largest absolute Gasteiger partial charge is 0.465 e. The summed E-state index contributed by atoms with van der Waals surface area (Å²) >= 11 is 0. The van der Waals surface area contributed by atoms with E-state index in [1.807, 2.05) is 0 Å². The Bertz CT molecular complexity index is 552. The van der Waals surface area contributed by atoms with Crippen molar-refractivity contribution in [2.24, 2.45) is 0 Å². The lowest BCUT2D eigenvalue weighted by Gasteiger charge is -2.08. The van der Waals surface area contributed by atoms with Crippen molar-refractivity contribution in [3.05, 3.63) is 24.1 Å². The first kappa shape index (κ1) is 11.3. The molecule has 0 N–H and O–H groups in total. The molecule has 0 saturated heterocycles. The highest BCUT2D eigenvalue weighted by Crippen LogP contribution is 2.27. The Hall–Kier alpha value is -2.18. The zero-order chi connectivity index (χ0) is 12.4. The first-order chi connectivity index (χ1) is 8.11. The number of aromatic nitrogens is 1. The molecule has 5 nitrogen and oxygen atoms in total. The molecule has 0 bridgehead atoms. The van der Waals surface area contributed by atoms with E-state index in [9.17, 15) is 13.6 Å². The van der Waals surface area contributed by atoms with Crippen LogP contribution in [-0.2, 0) is 4.74 Å². The molecule has 1 heterocycles. The van der Waals surface area contributed by atoms with Gasteiger partial charge in [-0.2, -0.15) is 8.78 Å². The second-order valence-electron chi connectivity index (χ2n) is 3.04.